The molecule has 7 heteroatoms. The van der Waals surface area contributed by atoms with Crippen molar-refractivity contribution in [3.63, 3.8) is 0 Å². The number of carbonyl (C=O) groups excluding carboxylic acids is 1. The van der Waals surface area contributed by atoms with Crippen LogP contribution in [0.2, 0.25) is 0 Å². The van der Waals surface area contributed by atoms with Crippen LogP contribution in [0.25, 0.3) is 0 Å². The Morgan fingerprint density at radius 1 is 1.29 bits per heavy atom. The zero-order valence-electron chi connectivity index (χ0n) is 14.3. The second kappa shape index (κ2) is 7.42. The van der Waals surface area contributed by atoms with Gasteiger partial charge in [0.05, 0.1) is 0 Å². The first kappa shape index (κ1) is 16.4. The van der Waals surface area contributed by atoms with Crippen molar-refractivity contribution in [2.24, 2.45) is 7.05 Å². The van der Waals surface area contributed by atoms with E-state index in [1.807, 2.05) is 34.8 Å². The van der Waals surface area contributed by atoms with E-state index >= 15 is 0 Å². The molecular formula is C17H24N6O. The topological polar surface area (TPSA) is 67.2 Å². The lowest BCUT2D eigenvalue weighted by Gasteiger charge is -2.37. The molecule has 0 aromatic carbocycles. The predicted octanol–water partition coefficient (Wildman–Crippen LogP) is 1.27. The summed E-state index contributed by atoms with van der Waals surface area (Å²) in [4.78, 5) is 16.6. The normalized spacial score (nSPS) is 15.5. The largest absolute Gasteiger partial charge is 0.355 e. The molecule has 0 radical (unpaired) electrons. The highest BCUT2D eigenvalue weighted by molar-refractivity contribution is 5.76. The van der Waals surface area contributed by atoms with Gasteiger partial charge in [-0.05, 0) is 37.5 Å². The van der Waals surface area contributed by atoms with Gasteiger partial charge >= 0.3 is 0 Å². The second-order valence-electron chi connectivity index (χ2n) is 6.25. The lowest BCUT2D eigenvalue weighted by Crippen LogP contribution is -2.46. The van der Waals surface area contributed by atoms with Gasteiger partial charge in [-0.15, -0.1) is 5.10 Å². The fourth-order valence-electron chi connectivity index (χ4n) is 3.21. The molecule has 1 aliphatic heterocycles. The molecule has 1 fully saturated rings. The number of aromatic nitrogens is 4. The third-order valence-corrected chi connectivity index (χ3v) is 4.80. The fourth-order valence-corrected chi connectivity index (χ4v) is 3.21. The Kier molecular flexibility index (Phi) is 5.08. The molecule has 7 nitrogen and oxygen atoms in total. The number of hydrogen-bond donors (Lipinski definition) is 0. The Hall–Kier alpha value is -2.44. The summed E-state index contributed by atoms with van der Waals surface area (Å²) in [6, 6.07) is 6.24. The molecule has 2 aromatic heterocycles. The predicted molar refractivity (Wildman–Crippen MR) is 91.6 cm³/mol. The van der Waals surface area contributed by atoms with Crippen molar-refractivity contribution in [3.05, 3.63) is 36.3 Å². The quantitative estimate of drug-likeness (QED) is 0.827. The molecule has 24 heavy (non-hydrogen) atoms. The number of piperidine rings is 1. The summed E-state index contributed by atoms with van der Waals surface area (Å²) in [5.41, 5.74) is 1.10. The molecule has 0 bridgehead atoms. The van der Waals surface area contributed by atoms with Crippen LogP contribution in [-0.4, -0.2) is 57.0 Å². The van der Waals surface area contributed by atoms with E-state index in [1.165, 1.54) is 0 Å². The van der Waals surface area contributed by atoms with E-state index in [4.69, 9.17) is 0 Å². The molecular weight excluding hydrogens is 304 g/mol. The maximum absolute atomic E-state index is 12.4. The van der Waals surface area contributed by atoms with Crippen molar-refractivity contribution >= 4 is 11.7 Å². The summed E-state index contributed by atoms with van der Waals surface area (Å²) < 4.78 is 1.83. The van der Waals surface area contributed by atoms with E-state index < -0.39 is 0 Å². The van der Waals surface area contributed by atoms with Crippen molar-refractivity contribution in [2.45, 2.75) is 31.7 Å². The van der Waals surface area contributed by atoms with Gasteiger partial charge in [0.1, 0.15) is 0 Å². The molecule has 1 saturated heterocycles. The molecule has 1 aliphatic rings. The molecule has 3 rings (SSSR count). The Balaban J connectivity index is 1.48. The van der Waals surface area contributed by atoms with E-state index in [9.17, 15) is 4.79 Å². The summed E-state index contributed by atoms with van der Waals surface area (Å²) in [7, 11) is 3.96. The first-order chi connectivity index (χ1) is 11.6. The highest BCUT2D eigenvalue weighted by Gasteiger charge is 2.25. The Morgan fingerprint density at radius 3 is 2.71 bits per heavy atom. The van der Waals surface area contributed by atoms with Crippen LogP contribution >= 0.6 is 0 Å². The second-order valence-corrected chi connectivity index (χ2v) is 6.25. The highest BCUT2D eigenvalue weighted by Crippen LogP contribution is 2.20. The average molecular weight is 328 g/mol. The number of nitrogens with zero attached hydrogens (tertiary/aromatic N) is 6. The molecule has 1 amide bonds. The number of likely N-dealkylation sites (tertiary alicyclic amines) is 1. The minimum absolute atomic E-state index is 0.233. The summed E-state index contributed by atoms with van der Waals surface area (Å²) in [6.45, 7) is 1.61. The molecule has 2 aromatic rings. The Morgan fingerprint density at radius 2 is 2.08 bits per heavy atom. The molecule has 3 heterocycles. The van der Waals surface area contributed by atoms with Crippen molar-refractivity contribution in [1.82, 2.24) is 24.9 Å². The lowest BCUT2D eigenvalue weighted by atomic mass is 10.0. The van der Waals surface area contributed by atoms with E-state index in [1.54, 1.807) is 12.4 Å². The third kappa shape index (κ3) is 3.72. The van der Waals surface area contributed by atoms with Crippen LogP contribution in [0, 0.1) is 0 Å². The maximum Gasteiger partial charge on any atom is 0.222 e. The molecule has 128 valence electrons. The van der Waals surface area contributed by atoms with E-state index in [2.05, 4.69) is 27.2 Å². The van der Waals surface area contributed by atoms with E-state index in [0.29, 0.717) is 12.5 Å². The van der Waals surface area contributed by atoms with Gasteiger partial charge in [0, 0.05) is 57.7 Å². The van der Waals surface area contributed by atoms with Gasteiger partial charge in [0.2, 0.25) is 5.91 Å². The van der Waals surface area contributed by atoms with Crippen molar-refractivity contribution < 1.29 is 4.79 Å². The molecule has 0 spiro atoms. The number of hydrogen-bond acceptors (Lipinski definition) is 5. The molecule has 0 unspecified atom stereocenters. The van der Waals surface area contributed by atoms with Crippen molar-refractivity contribution in [2.75, 3.05) is 25.0 Å². The van der Waals surface area contributed by atoms with Crippen LogP contribution in [0.5, 0.6) is 0 Å². The summed E-state index contributed by atoms with van der Waals surface area (Å²) in [6.07, 6.45) is 6.67. The van der Waals surface area contributed by atoms with Crippen LogP contribution < -0.4 is 4.90 Å². The van der Waals surface area contributed by atoms with Crippen LogP contribution in [0.15, 0.2) is 30.6 Å². The maximum atomic E-state index is 12.4. The van der Waals surface area contributed by atoms with Crippen molar-refractivity contribution in [3.8, 4) is 0 Å². The Labute approximate surface area is 142 Å². The molecule has 0 aliphatic carbocycles. The van der Waals surface area contributed by atoms with Crippen LogP contribution in [-0.2, 0) is 18.3 Å². The zero-order chi connectivity index (χ0) is 16.9. The molecule has 0 N–H and O–H groups in total. The van der Waals surface area contributed by atoms with Gasteiger partial charge < -0.3 is 9.80 Å². The average Bonchev–Trinajstić information content (AvgIpc) is 3.05. The Bertz CT molecular complexity index is 663. The van der Waals surface area contributed by atoms with E-state index in [0.717, 1.165) is 43.9 Å². The van der Waals surface area contributed by atoms with Gasteiger partial charge in [0.25, 0.3) is 0 Å². The first-order valence-electron chi connectivity index (χ1n) is 8.40. The molecule has 0 saturated carbocycles. The minimum atomic E-state index is 0.233. The number of amides is 1. The van der Waals surface area contributed by atoms with Crippen LogP contribution in [0.3, 0.4) is 0 Å². The first-order valence-corrected chi connectivity index (χ1v) is 8.40. The smallest absolute Gasteiger partial charge is 0.222 e. The molecule has 0 atom stereocenters. The SMILES string of the molecule is CN(c1cccnn1)C1CCN(C(=O)CCc2ccnn2C)CC1. The van der Waals surface area contributed by atoms with Gasteiger partial charge in [-0.1, -0.05) is 0 Å². The van der Waals surface area contributed by atoms with Gasteiger partial charge in [-0.3, -0.25) is 9.48 Å². The zero-order valence-corrected chi connectivity index (χ0v) is 14.3. The number of rotatable bonds is 5. The highest BCUT2D eigenvalue weighted by atomic mass is 16.2. The number of carbonyl (C=O) groups is 1. The van der Waals surface area contributed by atoms with E-state index in [-0.39, 0.29) is 5.91 Å². The monoisotopic (exact) mass is 328 g/mol. The number of aryl methyl sites for hydroxylation is 2. The van der Waals surface area contributed by atoms with Crippen LogP contribution in [0.4, 0.5) is 5.82 Å². The fraction of sp³-hybridized carbons (Fsp3) is 0.529. The van der Waals surface area contributed by atoms with Crippen molar-refractivity contribution in [1.29, 1.82) is 0 Å². The summed E-state index contributed by atoms with van der Waals surface area (Å²) >= 11 is 0. The van der Waals surface area contributed by atoms with Gasteiger partial charge in [-0.2, -0.15) is 10.2 Å². The summed E-state index contributed by atoms with van der Waals surface area (Å²) in [5.74, 6) is 1.12. The van der Waals surface area contributed by atoms with Crippen LogP contribution in [0.1, 0.15) is 25.0 Å². The summed E-state index contributed by atoms with van der Waals surface area (Å²) in [5, 5.41) is 12.2. The third-order valence-electron chi connectivity index (χ3n) is 4.80. The minimum Gasteiger partial charge on any atom is -0.355 e. The van der Waals surface area contributed by atoms with Gasteiger partial charge in [0.15, 0.2) is 5.82 Å². The standard InChI is InChI=1S/C17H24N6O/c1-21(16-4-3-10-18-20-16)14-8-12-23(13-9-14)17(24)6-5-15-7-11-19-22(15)2/h3-4,7,10-11,14H,5-6,8-9,12-13H2,1-2H3. The van der Waals surface area contributed by atoms with Gasteiger partial charge in [-0.25, -0.2) is 0 Å². The lowest BCUT2D eigenvalue weighted by molar-refractivity contribution is -0.132. The number of anilines is 1.